The molecule has 4 aliphatic rings. The molecule has 0 aromatic heterocycles. The number of rotatable bonds is 23. The Morgan fingerprint density at radius 3 is 1.23 bits per heavy atom. The van der Waals surface area contributed by atoms with E-state index in [1.807, 2.05) is 64.1 Å². The predicted molar refractivity (Wildman–Crippen MR) is 392 cm³/mol. The number of ketones is 2. The smallest absolute Gasteiger partial charge is 0.339 e. The molecule has 33 heteroatoms. The first-order chi connectivity index (χ1) is 50.3. The Morgan fingerprint density at radius 1 is 0.519 bits per heavy atom. The highest BCUT2D eigenvalue weighted by molar-refractivity contribution is 6.76. The number of ether oxygens (including phenoxy) is 12. The maximum Gasteiger partial charge on any atom is 0.339 e. The van der Waals surface area contributed by atoms with Crippen LogP contribution < -0.4 is 0 Å². The van der Waals surface area contributed by atoms with Crippen molar-refractivity contribution in [3.05, 3.63) is 150 Å². The first-order valence-electron chi connectivity index (χ1n) is 33.1. The van der Waals surface area contributed by atoms with E-state index in [9.17, 15) is 62.6 Å². The van der Waals surface area contributed by atoms with Crippen LogP contribution in [0.4, 0.5) is 0 Å². The minimum absolute atomic E-state index is 0. The zero-order valence-electron chi connectivity index (χ0n) is 60.5. The van der Waals surface area contributed by atoms with Gasteiger partial charge in [-0.3, -0.25) is 53.4 Å². The molecule has 2 N–H and O–H groups in total. The number of hydrogen-bond donors (Lipinski definition) is 2. The highest BCUT2D eigenvalue weighted by Gasteiger charge is 2.58. The normalized spacial score (nSPS) is 20.4. The third-order valence-corrected chi connectivity index (χ3v) is 17.8. The Balaban J connectivity index is 0.000000309. The van der Waals surface area contributed by atoms with Gasteiger partial charge in [0.1, 0.15) is 0 Å². The first-order valence-corrected chi connectivity index (χ1v) is 35.0. The number of esters is 8. The number of benzene rings is 4. The van der Waals surface area contributed by atoms with Crippen molar-refractivity contribution in [1.29, 1.82) is 5.41 Å². The van der Waals surface area contributed by atoms with Crippen LogP contribution in [-0.4, -0.2) is 211 Å². The third-order valence-electron chi connectivity index (χ3n) is 16.6. The van der Waals surface area contributed by atoms with Gasteiger partial charge in [0.15, 0.2) is 60.6 Å². The predicted octanol–water partition coefficient (Wildman–Crippen LogP) is 8.45. The highest BCUT2D eigenvalue weighted by atomic mass is 35.6. The summed E-state index contributed by atoms with van der Waals surface area (Å²) in [7, 11) is 2.10. The molecule has 0 unspecified atom stereocenters. The Morgan fingerprint density at radius 2 is 0.870 bits per heavy atom. The van der Waals surface area contributed by atoms with Gasteiger partial charge < -0.3 is 71.7 Å². The number of nitrogens with one attached hydrogen (secondary N) is 1. The quantitative estimate of drug-likeness (QED) is 0.0231. The molecule has 2 amide bonds. The van der Waals surface area contributed by atoms with Gasteiger partial charge in [-0.05, 0) is 96.5 Å². The second kappa shape index (κ2) is 41.1. The van der Waals surface area contributed by atoms with Crippen LogP contribution in [0, 0.1) is 33.1 Å². The van der Waals surface area contributed by atoms with Gasteiger partial charge in [-0.1, -0.05) is 137 Å². The summed E-state index contributed by atoms with van der Waals surface area (Å²) < 4.78 is 60.7. The number of aliphatic hydroxyl groups excluding tert-OH is 1. The number of amides is 2. The number of Topliss-reactive ketones (excluding diaryl/α,β-unsaturated/α-hetero) is 2. The molecule has 108 heavy (non-hydrogen) atoms. The molecule has 8 rings (SSSR count). The van der Waals surface area contributed by atoms with Gasteiger partial charge in [-0.15, -0.1) is 0 Å². The van der Waals surface area contributed by atoms with Crippen LogP contribution >= 0.6 is 58.0 Å². The van der Waals surface area contributed by atoms with Crippen molar-refractivity contribution >= 4 is 147 Å². The van der Waals surface area contributed by atoms with E-state index in [1.54, 1.807) is 36.4 Å². The number of methoxy groups -OCH3 is 2. The monoisotopic (exact) mass is 1600 g/mol. The van der Waals surface area contributed by atoms with Gasteiger partial charge in [-0.25, -0.2) is 9.59 Å². The largest absolute Gasteiger partial charge is 0.467 e. The lowest BCUT2D eigenvalue weighted by Crippen LogP contribution is -2.64. The molecule has 4 aromatic rings. The van der Waals surface area contributed by atoms with Crippen molar-refractivity contribution in [3.8, 4) is 0 Å². The fraction of sp³-hybridized carbons (Fsp3) is 0.453. The maximum atomic E-state index is 13.8. The van der Waals surface area contributed by atoms with Crippen molar-refractivity contribution in [1.82, 2.24) is 9.80 Å². The van der Waals surface area contributed by atoms with Crippen molar-refractivity contribution in [2.45, 2.75) is 168 Å². The van der Waals surface area contributed by atoms with Crippen LogP contribution in [0.5, 0.6) is 0 Å². The Bertz CT molecular complexity index is 4100. The molecule has 28 nitrogen and oxygen atoms in total. The molecule has 0 spiro atoms. The SMILES string of the molecule is C.COC(=O)[C@H]1O[C@@H](OCCN(CC2=Cc3cc(C)cc(C)c3CC2=O)C(=O)Cc2ccccc2Cl)[C@H](OC(C)=O)[C@@H](OC(C)=O)[C@@H]1OC(C)=O.COC(=O)[C@H]1O[C@H](OC(=N)C(Cl)(Cl)Cl)[C@H](OC(C)=O)[C@@H](OC(C)=O)[C@@H]1OC(C)=O.Cc1cc(C)c2c(c1)C=C(CN(CCO)C(=O)Cc1ccccc1Cl)C(=O)C2. The minimum atomic E-state index is -2.32. The number of alkyl halides is 3. The number of aryl methyl sites for hydroxylation is 4. The summed E-state index contributed by atoms with van der Waals surface area (Å²) in [6.07, 6.45) is -11.7. The van der Waals surface area contributed by atoms with Gasteiger partial charge >= 0.3 is 47.8 Å². The van der Waals surface area contributed by atoms with E-state index in [0.717, 1.165) is 106 Å². The molecule has 0 saturated carbocycles. The summed E-state index contributed by atoms with van der Waals surface area (Å²) in [5.41, 5.74) is 10.6. The lowest BCUT2D eigenvalue weighted by Gasteiger charge is -2.43. The minimum Gasteiger partial charge on any atom is -0.467 e. The molecule has 2 aliphatic heterocycles. The summed E-state index contributed by atoms with van der Waals surface area (Å²) in [5, 5.41) is 18.0. The Labute approximate surface area is 649 Å². The molecule has 586 valence electrons. The van der Waals surface area contributed by atoms with E-state index >= 15 is 0 Å². The zero-order chi connectivity index (χ0) is 79.5. The van der Waals surface area contributed by atoms with Crippen LogP contribution in [0.1, 0.15) is 105 Å². The standard InChI is InChI=1S/C36H40ClNO12.C23H24ClNO3.C15H18Cl3NO10.CH4/c1-19-13-20(2)27-17-29(42)26(15-25(27)14-19)18-38(30(43)16-24-9-7-8-10-28(24)37)11-12-46-36-34(49-23(5)41)32(48-22(4)40)31(47-21(3)39)33(50-36)35(44)45-6;1-15-9-16(2)20-13-22(27)19(11-18(20)10-15)14-25(7-8-26)23(28)12-17-5-3-4-6-21(17)24;1-5(20)25-8-9(26-6(2)21)11(27-7(3)22)13(28-10(8)12(23)24-4)29-14(19)15(16,17)18;/h7-10,13-15,31-34,36H,11-12,16-18H2,1-6H3;3-6,9-11,26H,7-8,12-14H2,1-2H3;8-11,13,19H,1-4H3;1H4/t31-,32-,33-,34+,36+;;8-,9-,10-,11+,13+;/m0.0./s1. The van der Waals surface area contributed by atoms with Crippen LogP contribution in [0.25, 0.3) is 12.2 Å². The van der Waals surface area contributed by atoms with Crippen molar-refractivity contribution in [3.63, 3.8) is 0 Å². The molecular weight excluding hydrogens is 1520 g/mol. The average molecular weight is 1610 g/mol. The molecule has 2 saturated heterocycles. The van der Waals surface area contributed by atoms with Gasteiger partial charge in [-0.2, -0.15) is 0 Å². The van der Waals surface area contributed by atoms with Crippen LogP contribution in [-0.2, 0) is 140 Å². The molecular formula is C75H86Cl5N3O25. The summed E-state index contributed by atoms with van der Waals surface area (Å²) in [4.78, 5) is 151. The molecule has 0 radical (unpaired) electrons. The van der Waals surface area contributed by atoms with Crippen molar-refractivity contribution in [2.24, 2.45) is 0 Å². The van der Waals surface area contributed by atoms with Crippen LogP contribution in [0.2, 0.25) is 10.0 Å². The number of hydrogen-bond acceptors (Lipinski definition) is 26. The second-order valence-corrected chi connectivity index (χ2v) is 28.0. The average Bonchev–Trinajstić information content (AvgIpc) is 0.781. The summed E-state index contributed by atoms with van der Waals surface area (Å²) >= 11 is 29.2. The van der Waals surface area contributed by atoms with Gasteiger partial charge in [0.2, 0.25) is 30.1 Å². The lowest BCUT2D eigenvalue weighted by atomic mass is 9.87. The number of carbonyl (C=O) groups excluding carboxylic acids is 12. The fourth-order valence-electron chi connectivity index (χ4n) is 12.0. The maximum absolute atomic E-state index is 13.8. The zero-order valence-corrected chi connectivity index (χ0v) is 64.2. The molecule has 2 fully saturated rings. The topological polar surface area (TPSA) is 366 Å². The van der Waals surface area contributed by atoms with Gasteiger partial charge in [0.05, 0.1) is 40.3 Å². The third kappa shape index (κ3) is 25.4. The number of aliphatic hydroxyl groups is 1. The van der Waals surface area contributed by atoms with E-state index < -0.39 is 119 Å². The van der Waals surface area contributed by atoms with E-state index in [2.05, 4.69) is 16.9 Å². The van der Waals surface area contributed by atoms with E-state index in [4.69, 9.17) is 116 Å². The van der Waals surface area contributed by atoms with E-state index in [1.165, 1.54) is 9.80 Å². The molecule has 4 aromatic carbocycles. The van der Waals surface area contributed by atoms with Gasteiger partial charge in [0.25, 0.3) is 3.79 Å². The second-order valence-electron chi connectivity index (χ2n) is 24.9. The van der Waals surface area contributed by atoms with Gasteiger partial charge in [0, 0.05) is 102 Å². The van der Waals surface area contributed by atoms with Crippen molar-refractivity contribution in [2.75, 3.05) is 53.6 Å². The number of carbonyl (C=O) groups is 12. The van der Waals surface area contributed by atoms with Crippen LogP contribution in [0.3, 0.4) is 0 Å². The number of fused-ring (bicyclic) bond motifs is 2. The van der Waals surface area contributed by atoms with Crippen LogP contribution in [0.15, 0.2) is 83.9 Å². The fourth-order valence-corrected chi connectivity index (χ4v) is 12.5. The molecule has 10 atom stereocenters. The molecule has 2 aliphatic carbocycles. The molecule has 2 heterocycles. The number of nitrogens with zero attached hydrogens (tertiary/aromatic N) is 2. The van der Waals surface area contributed by atoms with E-state index in [0.29, 0.717) is 33.2 Å². The Hall–Kier alpha value is -8.84. The van der Waals surface area contributed by atoms with Crippen molar-refractivity contribution < 1.29 is 119 Å². The summed E-state index contributed by atoms with van der Waals surface area (Å²) in [6, 6.07) is 22.3. The lowest BCUT2D eigenvalue weighted by molar-refractivity contribution is -0.301. The summed E-state index contributed by atoms with van der Waals surface area (Å²) in [6.45, 7) is 14.1. The summed E-state index contributed by atoms with van der Waals surface area (Å²) in [5.74, 6) is -8.68. The number of halogens is 5. The van der Waals surface area contributed by atoms with E-state index in [-0.39, 0.29) is 89.5 Å². The highest BCUT2D eigenvalue weighted by Crippen LogP contribution is 2.36. The molecule has 0 bridgehead atoms. The first kappa shape index (κ1) is 89.8. The Kier molecular flexibility index (Phi) is 34.2.